The average Bonchev–Trinajstić information content (AvgIpc) is 3.16. The van der Waals surface area contributed by atoms with E-state index in [2.05, 4.69) is 70.2 Å². The topological polar surface area (TPSA) is 38.9 Å². The van der Waals surface area contributed by atoms with Crippen molar-refractivity contribution in [2.45, 2.75) is 71.6 Å². The van der Waals surface area contributed by atoms with Crippen molar-refractivity contribution in [3.63, 3.8) is 0 Å². The number of hydrogen-bond acceptors (Lipinski definition) is 3. The Morgan fingerprint density at radius 2 is 1.77 bits per heavy atom. The molecule has 0 spiro atoms. The van der Waals surface area contributed by atoms with Crippen molar-refractivity contribution in [1.29, 1.82) is 0 Å². The molecule has 0 bridgehead atoms. The first-order valence-electron chi connectivity index (χ1n) is 11.7. The SMILES string of the molecule is CC(c1ccc2c(n1)oc1c(-c3cc(C4CCCCC4)ccn3)cccc12)C(C)(C)C. The zero-order valence-corrected chi connectivity index (χ0v) is 19.1. The van der Waals surface area contributed by atoms with Gasteiger partial charge in [0, 0.05) is 34.1 Å². The lowest BCUT2D eigenvalue weighted by molar-refractivity contribution is 0.334. The van der Waals surface area contributed by atoms with E-state index in [0.29, 0.717) is 11.8 Å². The van der Waals surface area contributed by atoms with Gasteiger partial charge in [-0.1, -0.05) is 59.1 Å². The Labute approximate surface area is 184 Å². The number of aromatic nitrogens is 2. The van der Waals surface area contributed by atoms with Gasteiger partial charge in [-0.05, 0) is 60.1 Å². The third kappa shape index (κ3) is 3.75. The molecule has 0 amide bonds. The van der Waals surface area contributed by atoms with Gasteiger partial charge in [-0.2, -0.15) is 0 Å². The first-order chi connectivity index (χ1) is 14.9. The monoisotopic (exact) mass is 412 g/mol. The number of nitrogens with zero attached hydrogens (tertiary/aromatic N) is 2. The molecule has 1 atom stereocenters. The van der Waals surface area contributed by atoms with E-state index >= 15 is 0 Å². The van der Waals surface area contributed by atoms with E-state index in [0.717, 1.165) is 39.0 Å². The summed E-state index contributed by atoms with van der Waals surface area (Å²) in [5.41, 5.74) is 6.31. The summed E-state index contributed by atoms with van der Waals surface area (Å²) in [4.78, 5) is 9.64. The van der Waals surface area contributed by atoms with Crippen molar-refractivity contribution >= 4 is 22.1 Å². The van der Waals surface area contributed by atoms with Gasteiger partial charge in [-0.3, -0.25) is 4.98 Å². The van der Waals surface area contributed by atoms with E-state index in [9.17, 15) is 0 Å². The quantitative estimate of drug-likeness (QED) is 0.340. The molecule has 31 heavy (non-hydrogen) atoms. The normalized spacial score (nSPS) is 16.8. The van der Waals surface area contributed by atoms with E-state index in [1.165, 1.54) is 37.7 Å². The Hall–Kier alpha value is -2.68. The number of pyridine rings is 2. The Morgan fingerprint density at radius 1 is 0.968 bits per heavy atom. The van der Waals surface area contributed by atoms with Gasteiger partial charge in [0.2, 0.25) is 5.71 Å². The third-order valence-corrected chi connectivity index (χ3v) is 7.26. The number of rotatable bonds is 3. The molecule has 160 valence electrons. The van der Waals surface area contributed by atoms with Crippen LogP contribution in [0.15, 0.2) is 53.1 Å². The van der Waals surface area contributed by atoms with Gasteiger partial charge in [-0.15, -0.1) is 0 Å². The zero-order chi connectivity index (χ0) is 21.6. The molecule has 0 radical (unpaired) electrons. The summed E-state index contributed by atoms with van der Waals surface area (Å²) in [6, 6.07) is 15.1. The fourth-order valence-electron chi connectivity index (χ4n) is 4.86. The summed E-state index contributed by atoms with van der Waals surface area (Å²) in [6.07, 6.45) is 8.58. The van der Waals surface area contributed by atoms with Crippen LogP contribution >= 0.6 is 0 Å². The van der Waals surface area contributed by atoms with E-state index in [1.807, 2.05) is 6.20 Å². The van der Waals surface area contributed by atoms with Crippen LogP contribution in [0.4, 0.5) is 0 Å². The highest BCUT2D eigenvalue weighted by Gasteiger charge is 2.24. The van der Waals surface area contributed by atoms with Gasteiger partial charge < -0.3 is 4.42 Å². The summed E-state index contributed by atoms with van der Waals surface area (Å²) in [5.74, 6) is 1.01. The molecule has 0 aliphatic heterocycles. The first kappa shape index (κ1) is 20.2. The highest BCUT2D eigenvalue weighted by atomic mass is 16.3. The molecule has 1 aliphatic carbocycles. The number of furan rings is 1. The molecular formula is C28H32N2O. The fourth-order valence-corrected chi connectivity index (χ4v) is 4.86. The van der Waals surface area contributed by atoms with E-state index < -0.39 is 0 Å². The molecule has 1 fully saturated rings. The minimum atomic E-state index is 0.154. The molecule has 3 heterocycles. The standard InChI is InChI=1S/C28H32N2O/c1-18(28(2,3)4)24-14-13-22-21-11-8-12-23(26(21)31-27(22)30-24)25-17-20(15-16-29-25)19-9-6-5-7-10-19/h8,11-19H,5-7,9-10H2,1-4H3. The van der Waals surface area contributed by atoms with Crippen LogP contribution in [0.5, 0.6) is 0 Å². The number of hydrogen-bond donors (Lipinski definition) is 0. The van der Waals surface area contributed by atoms with E-state index in [-0.39, 0.29) is 5.41 Å². The van der Waals surface area contributed by atoms with Gasteiger partial charge in [0.25, 0.3) is 0 Å². The van der Waals surface area contributed by atoms with Gasteiger partial charge in [0.05, 0.1) is 5.69 Å². The molecule has 0 saturated heterocycles. The van der Waals surface area contributed by atoms with Crippen molar-refractivity contribution < 1.29 is 4.42 Å². The molecule has 3 aromatic heterocycles. The van der Waals surface area contributed by atoms with Crippen molar-refractivity contribution in [2.24, 2.45) is 5.41 Å². The fraction of sp³-hybridized carbons (Fsp3) is 0.429. The van der Waals surface area contributed by atoms with Gasteiger partial charge >= 0.3 is 0 Å². The van der Waals surface area contributed by atoms with Crippen molar-refractivity contribution in [3.8, 4) is 11.3 Å². The Kier molecular flexibility index (Phi) is 5.08. The molecule has 3 nitrogen and oxygen atoms in total. The maximum Gasteiger partial charge on any atom is 0.227 e. The lowest BCUT2D eigenvalue weighted by atomic mass is 9.80. The smallest absolute Gasteiger partial charge is 0.227 e. The van der Waals surface area contributed by atoms with Crippen LogP contribution in [-0.2, 0) is 0 Å². The lowest BCUT2D eigenvalue weighted by Gasteiger charge is -2.26. The van der Waals surface area contributed by atoms with Crippen LogP contribution in [0.25, 0.3) is 33.3 Å². The Bertz CT molecular complexity index is 1220. The minimum absolute atomic E-state index is 0.154. The molecule has 5 rings (SSSR count). The maximum absolute atomic E-state index is 6.38. The molecule has 1 saturated carbocycles. The van der Waals surface area contributed by atoms with Crippen molar-refractivity contribution in [1.82, 2.24) is 9.97 Å². The molecule has 3 heteroatoms. The van der Waals surface area contributed by atoms with Gasteiger partial charge in [0.15, 0.2) is 0 Å². The predicted octanol–water partition coefficient (Wildman–Crippen LogP) is 8.24. The molecule has 1 aliphatic rings. The summed E-state index contributed by atoms with van der Waals surface area (Å²) >= 11 is 0. The minimum Gasteiger partial charge on any atom is -0.437 e. The number of benzene rings is 1. The predicted molar refractivity (Wildman–Crippen MR) is 128 cm³/mol. The first-order valence-corrected chi connectivity index (χ1v) is 11.7. The van der Waals surface area contributed by atoms with Crippen LogP contribution in [-0.4, -0.2) is 9.97 Å². The summed E-state index contributed by atoms with van der Waals surface area (Å²) in [6.45, 7) is 9.00. The summed E-state index contributed by atoms with van der Waals surface area (Å²) in [7, 11) is 0. The van der Waals surface area contributed by atoms with Crippen molar-refractivity contribution in [3.05, 3.63) is 59.9 Å². The second kappa shape index (κ2) is 7.78. The van der Waals surface area contributed by atoms with E-state index in [4.69, 9.17) is 14.4 Å². The molecular weight excluding hydrogens is 380 g/mol. The second-order valence-electron chi connectivity index (χ2n) is 10.3. The molecule has 4 aromatic rings. The lowest BCUT2D eigenvalue weighted by Crippen LogP contribution is -2.16. The highest BCUT2D eigenvalue weighted by molar-refractivity contribution is 6.08. The largest absolute Gasteiger partial charge is 0.437 e. The molecule has 1 unspecified atom stereocenters. The Balaban J connectivity index is 1.60. The second-order valence-corrected chi connectivity index (χ2v) is 10.3. The van der Waals surface area contributed by atoms with Gasteiger partial charge in [0.1, 0.15) is 5.58 Å². The zero-order valence-electron chi connectivity index (χ0n) is 19.1. The van der Waals surface area contributed by atoms with Gasteiger partial charge in [-0.25, -0.2) is 4.98 Å². The van der Waals surface area contributed by atoms with Crippen LogP contribution < -0.4 is 0 Å². The summed E-state index contributed by atoms with van der Waals surface area (Å²) in [5, 5.41) is 2.19. The average molecular weight is 413 g/mol. The Morgan fingerprint density at radius 3 is 2.55 bits per heavy atom. The maximum atomic E-state index is 6.38. The highest BCUT2D eigenvalue weighted by Crippen LogP contribution is 2.39. The third-order valence-electron chi connectivity index (χ3n) is 7.26. The van der Waals surface area contributed by atoms with Crippen molar-refractivity contribution in [2.75, 3.05) is 0 Å². The number of para-hydroxylation sites is 1. The van der Waals surface area contributed by atoms with Crippen LogP contribution in [0, 0.1) is 5.41 Å². The van der Waals surface area contributed by atoms with Crippen LogP contribution in [0.3, 0.4) is 0 Å². The summed E-state index contributed by atoms with van der Waals surface area (Å²) < 4.78 is 6.38. The molecule has 1 aromatic carbocycles. The van der Waals surface area contributed by atoms with E-state index in [1.54, 1.807) is 0 Å². The van der Waals surface area contributed by atoms with Crippen LogP contribution in [0.1, 0.15) is 82.9 Å². The number of fused-ring (bicyclic) bond motifs is 3. The van der Waals surface area contributed by atoms with Crippen LogP contribution in [0.2, 0.25) is 0 Å². The molecule has 0 N–H and O–H groups in total.